The van der Waals surface area contributed by atoms with E-state index in [9.17, 15) is 0 Å². The molecule has 48 heavy (non-hydrogen) atoms. The van der Waals surface area contributed by atoms with Gasteiger partial charge in [-0.05, 0) is 88.3 Å². The summed E-state index contributed by atoms with van der Waals surface area (Å²) in [5, 5.41) is 4.96. The first-order valence-corrected chi connectivity index (χ1v) is 16.4. The highest BCUT2D eigenvalue weighted by molar-refractivity contribution is 6.10. The maximum absolute atomic E-state index is 2.37. The molecule has 226 valence electrons. The zero-order chi connectivity index (χ0) is 31.9. The minimum Gasteiger partial charge on any atom is -0.310 e. The summed E-state index contributed by atoms with van der Waals surface area (Å²) in [6.07, 6.45) is 0. The molecule has 0 unspecified atom stereocenters. The molecular formula is C46H32N2. The standard InChI is InChI=1S/C46H32N2/c1-3-12-33(13-4-1)34-22-27-39(28-23-34)47(44-21-11-15-36-14-7-8-18-41(36)44)40-29-24-35(25-30-40)37-26-31-46-43(32-37)42-19-9-10-20-45(42)48(46)38-16-5-2-6-17-38/h1-32H. The van der Waals surface area contributed by atoms with Gasteiger partial charge >= 0.3 is 0 Å². The lowest BCUT2D eigenvalue weighted by Crippen LogP contribution is -2.10. The van der Waals surface area contributed by atoms with Crippen LogP contribution >= 0.6 is 0 Å². The van der Waals surface area contributed by atoms with Crippen LogP contribution in [0.3, 0.4) is 0 Å². The van der Waals surface area contributed by atoms with Gasteiger partial charge in [-0.3, -0.25) is 0 Å². The van der Waals surface area contributed by atoms with E-state index >= 15 is 0 Å². The molecule has 0 spiro atoms. The molecule has 0 aliphatic heterocycles. The summed E-state index contributed by atoms with van der Waals surface area (Å²) in [5.41, 5.74) is 11.8. The fraction of sp³-hybridized carbons (Fsp3) is 0. The molecule has 0 amide bonds. The van der Waals surface area contributed by atoms with Gasteiger partial charge in [-0.15, -0.1) is 0 Å². The molecule has 0 saturated heterocycles. The molecule has 0 radical (unpaired) electrons. The lowest BCUT2D eigenvalue weighted by atomic mass is 10.0. The molecule has 1 heterocycles. The van der Waals surface area contributed by atoms with Crippen LogP contribution < -0.4 is 4.90 Å². The Labute approximate surface area is 280 Å². The smallest absolute Gasteiger partial charge is 0.0541 e. The molecule has 0 fully saturated rings. The van der Waals surface area contributed by atoms with Gasteiger partial charge in [0.15, 0.2) is 0 Å². The monoisotopic (exact) mass is 612 g/mol. The molecule has 0 atom stereocenters. The molecule has 9 rings (SSSR count). The van der Waals surface area contributed by atoms with Gasteiger partial charge in [-0.25, -0.2) is 0 Å². The van der Waals surface area contributed by atoms with Gasteiger partial charge in [-0.2, -0.15) is 0 Å². The third kappa shape index (κ3) is 4.83. The minimum absolute atomic E-state index is 1.12. The van der Waals surface area contributed by atoms with Crippen LogP contribution in [0.15, 0.2) is 194 Å². The van der Waals surface area contributed by atoms with Gasteiger partial charge < -0.3 is 9.47 Å². The van der Waals surface area contributed by atoms with Crippen molar-refractivity contribution < 1.29 is 0 Å². The third-order valence-corrected chi connectivity index (χ3v) is 9.39. The summed E-state index contributed by atoms with van der Waals surface area (Å²) in [6, 6.07) is 69.8. The number of para-hydroxylation sites is 2. The average molecular weight is 613 g/mol. The molecular weight excluding hydrogens is 581 g/mol. The van der Waals surface area contributed by atoms with Gasteiger partial charge in [0.05, 0.1) is 16.7 Å². The van der Waals surface area contributed by atoms with E-state index < -0.39 is 0 Å². The summed E-state index contributed by atoms with van der Waals surface area (Å²) >= 11 is 0. The summed E-state index contributed by atoms with van der Waals surface area (Å²) < 4.78 is 2.36. The van der Waals surface area contributed by atoms with Crippen LogP contribution in [0.4, 0.5) is 17.1 Å². The first kappa shape index (κ1) is 27.9. The summed E-state index contributed by atoms with van der Waals surface area (Å²) in [4.78, 5) is 2.37. The Hall–Kier alpha value is -6.38. The predicted molar refractivity (Wildman–Crippen MR) is 204 cm³/mol. The van der Waals surface area contributed by atoms with E-state index in [1.165, 1.54) is 60.5 Å². The van der Waals surface area contributed by atoms with E-state index in [4.69, 9.17) is 0 Å². The van der Waals surface area contributed by atoms with Crippen molar-refractivity contribution >= 4 is 49.6 Å². The van der Waals surface area contributed by atoms with Crippen molar-refractivity contribution in [3.8, 4) is 27.9 Å². The van der Waals surface area contributed by atoms with Gasteiger partial charge in [0.25, 0.3) is 0 Å². The second kappa shape index (κ2) is 11.8. The first-order valence-electron chi connectivity index (χ1n) is 16.4. The van der Waals surface area contributed by atoms with Gasteiger partial charge in [0, 0.05) is 33.2 Å². The van der Waals surface area contributed by atoms with Crippen molar-refractivity contribution in [1.29, 1.82) is 0 Å². The molecule has 0 bridgehead atoms. The minimum atomic E-state index is 1.12. The number of fused-ring (bicyclic) bond motifs is 4. The first-order chi connectivity index (χ1) is 23.8. The topological polar surface area (TPSA) is 8.17 Å². The lowest BCUT2D eigenvalue weighted by Gasteiger charge is -2.27. The van der Waals surface area contributed by atoms with E-state index in [1.807, 2.05) is 0 Å². The van der Waals surface area contributed by atoms with Gasteiger partial charge in [0.2, 0.25) is 0 Å². The molecule has 9 aromatic rings. The molecule has 2 nitrogen and oxygen atoms in total. The van der Waals surface area contributed by atoms with Crippen LogP contribution in [-0.2, 0) is 0 Å². The molecule has 1 aromatic heterocycles. The number of rotatable bonds is 6. The SMILES string of the molecule is c1ccc(-c2ccc(N(c3ccc(-c4ccc5c(c4)c4ccccc4n5-c4ccccc4)cc3)c3cccc4ccccc34)cc2)cc1. The second-order valence-corrected chi connectivity index (χ2v) is 12.2. The molecule has 0 aliphatic rings. The molecule has 0 saturated carbocycles. The zero-order valence-corrected chi connectivity index (χ0v) is 26.4. The largest absolute Gasteiger partial charge is 0.310 e. The second-order valence-electron chi connectivity index (χ2n) is 12.2. The summed E-state index contributed by atoms with van der Waals surface area (Å²) in [5.74, 6) is 0. The van der Waals surface area contributed by atoms with Crippen molar-refractivity contribution in [2.75, 3.05) is 4.90 Å². The summed E-state index contributed by atoms with van der Waals surface area (Å²) in [6.45, 7) is 0. The Balaban J connectivity index is 1.14. The number of benzene rings is 8. The third-order valence-electron chi connectivity index (χ3n) is 9.39. The number of aromatic nitrogens is 1. The fourth-order valence-corrected chi connectivity index (χ4v) is 7.07. The van der Waals surface area contributed by atoms with Crippen molar-refractivity contribution in [3.63, 3.8) is 0 Å². The highest BCUT2D eigenvalue weighted by Crippen LogP contribution is 2.41. The van der Waals surface area contributed by atoms with Crippen molar-refractivity contribution in [3.05, 3.63) is 194 Å². The van der Waals surface area contributed by atoms with Crippen LogP contribution in [0.2, 0.25) is 0 Å². The maximum atomic E-state index is 2.37. The summed E-state index contributed by atoms with van der Waals surface area (Å²) in [7, 11) is 0. The van der Waals surface area contributed by atoms with Crippen molar-refractivity contribution in [2.24, 2.45) is 0 Å². The fourth-order valence-electron chi connectivity index (χ4n) is 7.07. The van der Waals surface area contributed by atoms with Crippen LogP contribution in [0.5, 0.6) is 0 Å². The highest BCUT2D eigenvalue weighted by atomic mass is 15.1. The maximum Gasteiger partial charge on any atom is 0.0541 e. The van der Waals surface area contributed by atoms with E-state index in [-0.39, 0.29) is 0 Å². The Morgan fingerprint density at radius 3 is 1.58 bits per heavy atom. The molecule has 8 aromatic carbocycles. The van der Waals surface area contributed by atoms with Gasteiger partial charge in [0.1, 0.15) is 0 Å². The van der Waals surface area contributed by atoms with E-state index in [1.54, 1.807) is 0 Å². The Morgan fingerprint density at radius 2 is 0.854 bits per heavy atom. The molecule has 0 N–H and O–H groups in total. The highest BCUT2D eigenvalue weighted by Gasteiger charge is 2.17. The van der Waals surface area contributed by atoms with Crippen LogP contribution in [-0.4, -0.2) is 4.57 Å². The Morgan fingerprint density at radius 1 is 0.333 bits per heavy atom. The van der Waals surface area contributed by atoms with E-state index in [2.05, 4.69) is 204 Å². The normalized spacial score (nSPS) is 11.3. The number of anilines is 3. The molecule has 0 aliphatic carbocycles. The van der Waals surface area contributed by atoms with E-state index in [0.717, 1.165) is 17.1 Å². The quantitative estimate of drug-likeness (QED) is 0.181. The predicted octanol–water partition coefficient (Wildman–Crippen LogP) is 12.7. The van der Waals surface area contributed by atoms with Crippen LogP contribution in [0, 0.1) is 0 Å². The number of hydrogen-bond acceptors (Lipinski definition) is 1. The van der Waals surface area contributed by atoms with E-state index in [0.29, 0.717) is 0 Å². The van der Waals surface area contributed by atoms with Gasteiger partial charge in [-0.1, -0.05) is 133 Å². The average Bonchev–Trinajstić information content (AvgIpc) is 3.50. The number of nitrogens with zero attached hydrogens (tertiary/aromatic N) is 2. The molecule has 2 heteroatoms. The number of hydrogen-bond donors (Lipinski definition) is 0. The van der Waals surface area contributed by atoms with Crippen LogP contribution in [0.25, 0.3) is 60.5 Å². The lowest BCUT2D eigenvalue weighted by molar-refractivity contribution is 1.18. The zero-order valence-electron chi connectivity index (χ0n) is 26.4. The Bertz CT molecular complexity index is 2520. The Kier molecular flexibility index (Phi) is 6.84. The van der Waals surface area contributed by atoms with Crippen molar-refractivity contribution in [1.82, 2.24) is 4.57 Å². The van der Waals surface area contributed by atoms with Crippen LogP contribution in [0.1, 0.15) is 0 Å². The van der Waals surface area contributed by atoms with Crippen molar-refractivity contribution in [2.45, 2.75) is 0 Å².